The van der Waals surface area contributed by atoms with Crippen LogP contribution in [0.5, 0.6) is 0 Å². The summed E-state index contributed by atoms with van der Waals surface area (Å²) in [4.78, 5) is 11.3. The lowest BCUT2D eigenvalue weighted by Crippen LogP contribution is -2.19. The van der Waals surface area contributed by atoms with Crippen molar-refractivity contribution in [1.82, 2.24) is 9.78 Å². The van der Waals surface area contributed by atoms with E-state index in [-0.39, 0.29) is 0 Å². The predicted molar refractivity (Wildman–Crippen MR) is 64.3 cm³/mol. The summed E-state index contributed by atoms with van der Waals surface area (Å²) in [6.45, 7) is 0. The number of hydrogen-bond donors (Lipinski definition) is 1. The van der Waals surface area contributed by atoms with Crippen molar-refractivity contribution in [3.8, 4) is 0 Å². The van der Waals surface area contributed by atoms with Crippen LogP contribution in [-0.2, 0) is 17.3 Å². The van der Waals surface area contributed by atoms with Gasteiger partial charge in [-0.3, -0.25) is 9.48 Å². The molecule has 0 unspecified atom stereocenters. The molecule has 1 aromatic heterocycles. The minimum Gasteiger partial charge on any atom is -0.481 e. The Morgan fingerprint density at radius 3 is 2.82 bits per heavy atom. The molecule has 1 aliphatic carbocycles. The third-order valence-corrected chi connectivity index (χ3v) is 3.80. The molecule has 1 aliphatic rings. The van der Waals surface area contributed by atoms with Crippen molar-refractivity contribution < 1.29 is 9.90 Å². The summed E-state index contributed by atoms with van der Waals surface area (Å²) in [7, 11) is 1.80. The molecule has 3 rings (SSSR count). The van der Waals surface area contributed by atoms with Crippen LogP contribution in [0.15, 0.2) is 18.2 Å². The number of carbonyl (C=O) groups is 1. The molecule has 0 bridgehead atoms. The zero-order chi connectivity index (χ0) is 12.2. The Morgan fingerprint density at radius 1 is 1.53 bits per heavy atom. The van der Waals surface area contributed by atoms with E-state index in [9.17, 15) is 9.90 Å². The number of aliphatic carboxylic acids is 1. The summed E-state index contributed by atoms with van der Waals surface area (Å²) in [5.41, 5.74) is 1.04. The van der Waals surface area contributed by atoms with Gasteiger partial charge < -0.3 is 5.11 Å². The van der Waals surface area contributed by atoms with Crippen LogP contribution in [0.1, 0.15) is 18.4 Å². The first-order chi connectivity index (χ1) is 8.04. The SMILES string of the molecule is Cn1nc(Cl)c2ccc(C3(C(=O)O)CC3)cc21. The second-order valence-corrected chi connectivity index (χ2v) is 4.89. The van der Waals surface area contributed by atoms with Crippen LogP contribution in [0.4, 0.5) is 0 Å². The van der Waals surface area contributed by atoms with E-state index in [1.165, 1.54) is 0 Å². The van der Waals surface area contributed by atoms with Crippen molar-refractivity contribution in [3.05, 3.63) is 28.9 Å². The number of carboxylic acids is 1. The van der Waals surface area contributed by atoms with Gasteiger partial charge in [-0.1, -0.05) is 17.7 Å². The van der Waals surface area contributed by atoms with E-state index in [1.54, 1.807) is 11.7 Å². The van der Waals surface area contributed by atoms with Gasteiger partial charge in [-0.25, -0.2) is 0 Å². The lowest BCUT2D eigenvalue weighted by atomic mass is 9.95. The van der Waals surface area contributed by atoms with Gasteiger partial charge in [-0.15, -0.1) is 0 Å². The van der Waals surface area contributed by atoms with E-state index in [0.29, 0.717) is 18.0 Å². The highest BCUT2D eigenvalue weighted by molar-refractivity contribution is 6.34. The molecule has 0 spiro atoms. The molecule has 0 atom stereocenters. The summed E-state index contributed by atoms with van der Waals surface area (Å²) >= 11 is 5.97. The lowest BCUT2D eigenvalue weighted by Gasteiger charge is -2.10. The Kier molecular flexibility index (Phi) is 2.01. The number of hydrogen-bond acceptors (Lipinski definition) is 2. The van der Waals surface area contributed by atoms with Crippen molar-refractivity contribution >= 4 is 28.5 Å². The number of rotatable bonds is 2. The highest BCUT2D eigenvalue weighted by atomic mass is 35.5. The van der Waals surface area contributed by atoms with Gasteiger partial charge in [0.15, 0.2) is 5.15 Å². The second kappa shape index (κ2) is 3.23. The number of nitrogens with zero attached hydrogens (tertiary/aromatic N) is 2. The van der Waals surface area contributed by atoms with Crippen molar-refractivity contribution in [2.75, 3.05) is 0 Å². The van der Waals surface area contributed by atoms with Gasteiger partial charge in [0.25, 0.3) is 0 Å². The standard InChI is InChI=1S/C12H11ClN2O2/c1-15-9-6-7(12(4-5-12)11(16)17)2-3-8(9)10(13)14-15/h2-3,6H,4-5H2,1H3,(H,16,17). The molecule has 1 heterocycles. The van der Waals surface area contributed by atoms with Gasteiger partial charge >= 0.3 is 5.97 Å². The highest BCUT2D eigenvalue weighted by Gasteiger charge is 2.51. The maximum absolute atomic E-state index is 11.3. The number of carboxylic acid groups (broad SMARTS) is 1. The van der Waals surface area contributed by atoms with Crippen LogP contribution in [0, 0.1) is 0 Å². The zero-order valence-corrected chi connectivity index (χ0v) is 10.0. The Bertz CT molecular complexity index is 629. The summed E-state index contributed by atoms with van der Waals surface area (Å²) < 4.78 is 1.68. The van der Waals surface area contributed by atoms with Gasteiger partial charge in [-0.2, -0.15) is 5.10 Å². The maximum atomic E-state index is 11.3. The maximum Gasteiger partial charge on any atom is 0.314 e. The minimum absolute atomic E-state index is 0.453. The summed E-state index contributed by atoms with van der Waals surface area (Å²) in [6, 6.07) is 5.58. The molecule has 1 saturated carbocycles. The van der Waals surface area contributed by atoms with E-state index >= 15 is 0 Å². The Morgan fingerprint density at radius 2 is 2.24 bits per heavy atom. The number of aromatic nitrogens is 2. The zero-order valence-electron chi connectivity index (χ0n) is 9.27. The molecule has 0 amide bonds. The fourth-order valence-corrected chi connectivity index (χ4v) is 2.54. The molecule has 0 aliphatic heterocycles. The number of halogens is 1. The van der Waals surface area contributed by atoms with E-state index in [1.807, 2.05) is 18.2 Å². The van der Waals surface area contributed by atoms with Crippen LogP contribution < -0.4 is 0 Å². The van der Waals surface area contributed by atoms with E-state index in [4.69, 9.17) is 11.6 Å². The largest absolute Gasteiger partial charge is 0.481 e. The van der Waals surface area contributed by atoms with Gasteiger partial charge in [0, 0.05) is 12.4 Å². The molecule has 5 heteroatoms. The first-order valence-corrected chi connectivity index (χ1v) is 5.78. The van der Waals surface area contributed by atoms with Crippen LogP contribution >= 0.6 is 11.6 Å². The normalized spacial score (nSPS) is 17.3. The smallest absolute Gasteiger partial charge is 0.314 e. The van der Waals surface area contributed by atoms with Crippen LogP contribution in [0.25, 0.3) is 10.9 Å². The molecule has 88 valence electrons. The highest BCUT2D eigenvalue weighted by Crippen LogP contribution is 2.49. The topological polar surface area (TPSA) is 55.1 Å². The Hall–Kier alpha value is -1.55. The molecule has 0 radical (unpaired) electrons. The molecule has 4 nitrogen and oxygen atoms in total. The monoisotopic (exact) mass is 250 g/mol. The lowest BCUT2D eigenvalue weighted by molar-refractivity contribution is -0.140. The van der Waals surface area contributed by atoms with Gasteiger partial charge in [-0.05, 0) is 30.5 Å². The molecule has 1 N–H and O–H groups in total. The molecular weight excluding hydrogens is 240 g/mol. The van der Waals surface area contributed by atoms with E-state index in [0.717, 1.165) is 16.5 Å². The van der Waals surface area contributed by atoms with Crippen LogP contribution in [0.2, 0.25) is 5.15 Å². The second-order valence-electron chi connectivity index (χ2n) is 4.53. The summed E-state index contributed by atoms with van der Waals surface area (Å²) in [5, 5.41) is 14.7. The fourth-order valence-electron chi connectivity index (χ4n) is 2.26. The minimum atomic E-state index is -0.745. The Labute approximate surface area is 103 Å². The van der Waals surface area contributed by atoms with Gasteiger partial charge in [0.05, 0.1) is 10.9 Å². The quantitative estimate of drug-likeness (QED) is 0.890. The van der Waals surface area contributed by atoms with Crippen molar-refractivity contribution in [1.29, 1.82) is 0 Å². The molecule has 2 aromatic rings. The fraction of sp³-hybridized carbons (Fsp3) is 0.333. The molecule has 0 saturated heterocycles. The number of aryl methyl sites for hydroxylation is 1. The molecule has 1 aromatic carbocycles. The summed E-state index contributed by atoms with van der Waals surface area (Å²) in [6.07, 6.45) is 1.42. The molecular formula is C12H11ClN2O2. The van der Waals surface area contributed by atoms with Crippen molar-refractivity contribution in [2.24, 2.45) is 7.05 Å². The average molecular weight is 251 g/mol. The van der Waals surface area contributed by atoms with Crippen LogP contribution in [-0.4, -0.2) is 20.9 Å². The number of fused-ring (bicyclic) bond motifs is 1. The van der Waals surface area contributed by atoms with Gasteiger partial charge in [0.1, 0.15) is 0 Å². The predicted octanol–water partition coefficient (Wildman–Crippen LogP) is 2.34. The molecule has 1 fully saturated rings. The van der Waals surface area contributed by atoms with E-state index < -0.39 is 11.4 Å². The first-order valence-electron chi connectivity index (χ1n) is 5.41. The average Bonchev–Trinajstić information content (AvgIpc) is 3.04. The third kappa shape index (κ3) is 1.37. The van der Waals surface area contributed by atoms with Crippen LogP contribution in [0.3, 0.4) is 0 Å². The summed E-state index contributed by atoms with van der Waals surface area (Å²) in [5.74, 6) is -0.745. The Balaban J connectivity index is 2.21. The van der Waals surface area contributed by atoms with E-state index in [2.05, 4.69) is 5.10 Å². The number of benzene rings is 1. The van der Waals surface area contributed by atoms with Crippen molar-refractivity contribution in [2.45, 2.75) is 18.3 Å². The van der Waals surface area contributed by atoms with Gasteiger partial charge in [0.2, 0.25) is 0 Å². The van der Waals surface area contributed by atoms with Crippen molar-refractivity contribution in [3.63, 3.8) is 0 Å². The first kappa shape index (κ1) is 10.6. The third-order valence-electron chi connectivity index (χ3n) is 3.52. The molecule has 17 heavy (non-hydrogen) atoms.